The summed E-state index contributed by atoms with van der Waals surface area (Å²) in [6.07, 6.45) is 14.8. The maximum Gasteiger partial charge on any atom is 0.348 e. The molecule has 5 heteroatoms. The van der Waals surface area contributed by atoms with Crippen molar-refractivity contribution in [3.8, 4) is 28.3 Å². The summed E-state index contributed by atoms with van der Waals surface area (Å²) in [5.41, 5.74) is 2.01. The zero-order valence-electron chi connectivity index (χ0n) is 22.6. The van der Waals surface area contributed by atoms with E-state index in [1.165, 1.54) is 32.6 Å². The molecule has 0 spiro atoms. The number of hydrogen-bond donors (Lipinski definition) is 0. The van der Waals surface area contributed by atoms with Gasteiger partial charge in [0.05, 0.1) is 0 Å². The summed E-state index contributed by atoms with van der Waals surface area (Å²) < 4.78 is 20.4. The van der Waals surface area contributed by atoms with Gasteiger partial charge in [0.15, 0.2) is 5.82 Å². The summed E-state index contributed by atoms with van der Waals surface area (Å²) in [7, 11) is 0. The van der Waals surface area contributed by atoms with Crippen molar-refractivity contribution in [3.05, 3.63) is 66.5 Å². The molecule has 0 amide bonds. The summed E-state index contributed by atoms with van der Waals surface area (Å²) in [4.78, 5) is 21.7. The summed E-state index contributed by atoms with van der Waals surface area (Å²) in [5.74, 6) is 0.180. The van der Waals surface area contributed by atoms with Crippen molar-refractivity contribution in [2.75, 3.05) is 0 Å². The Morgan fingerprint density at radius 3 is 2.05 bits per heavy atom. The average Bonchev–Trinajstić information content (AvgIpc) is 2.92. The largest absolute Gasteiger partial charge is 0.424 e. The molecule has 3 aromatic rings. The number of benzene rings is 2. The maximum atomic E-state index is 15.0. The molecule has 1 atom stereocenters. The van der Waals surface area contributed by atoms with E-state index in [0.29, 0.717) is 18.0 Å². The fourth-order valence-corrected chi connectivity index (χ4v) is 4.37. The number of carbonyl (C=O) groups excluding carboxylic acids is 1. The van der Waals surface area contributed by atoms with Gasteiger partial charge in [0, 0.05) is 18.0 Å². The number of aryl methyl sites for hydroxylation is 1. The van der Waals surface area contributed by atoms with Gasteiger partial charge < -0.3 is 4.74 Å². The van der Waals surface area contributed by atoms with Gasteiger partial charge in [-0.25, -0.2) is 19.2 Å². The van der Waals surface area contributed by atoms with E-state index in [9.17, 15) is 9.18 Å². The lowest BCUT2D eigenvalue weighted by Crippen LogP contribution is -2.34. The van der Waals surface area contributed by atoms with E-state index in [1.54, 1.807) is 12.1 Å². The number of nitrogens with zero attached hydrogens (tertiary/aromatic N) is 2. The lowest BCUT2D eigenvalue weighted by Gasteiger charge is -2.18. The van der Waals surface area contributed by atoms with E-state index < -0.39 is 11.6 Å². The van der Waals surface area contributed by atoms with Crippen LogP contribution in [0.2, 0.25) is 0 Å². The van der Waals surface area contributed by atoms with Crippen LogP contribution in [0.3, 0.4) is 0 Å². The highest BCUT2D eigenvalue weighted by Crippen LogP contribution is 2.32. The predicted octanol–water partition coefficient (Wildman–Crippen LogP) is 8.93. The topological polar surface area (TPSA) is 52.1 Å². The van der Waals surface area contributed by atoms with Crippen LogP contribution in [0.25, 0.3) is 22.5 Å². The zero-order valence-corrected chi connectivity index (χ0v) is 22.6. The Balaban J connectivity index is 1.60. The molecule has 1 unspecified atom stereocenters. The molecule has 3 rings (SSSR count). The van der Waals surface area contributed by atoms with Crippen molar-refractivity contribution < 1.29 is 13.9 Å². The van der Waals surface area contributed by atoms with Crippen LogP contribution in [0.15, 0.2) is 60.9 Å². The minimum absolute atomic E-state index is 0.183. The molecule has 0 aliphatic carbocycles. The van der Waals surface area contributed by atoms with Gasteiger partial charge in [-0.05, 0) is 61.4 Å². The lowest BCUT2D eigenvalue weighted by atomic mass is 9.98. The fraction of sp³-hybridized carbons (Fsp3) is 0.469. The zero-order chi connectivity index (χ0) is 26.5. The molecular weight excluding hydrogens is 463 g/mol. The molecule has 0 aliphatic rings. The Morgan fingerprint density at radius 2 is 1.41 bits per heavy atom. The van der Waals surface area contributed by atoms with Crippen molar-refractivity contribution in [2.24, 2.45) is 0 Å². The first-order chi connectivity index (χ1) is 17.9. The Kier molecular flexibility index (Phi) is 11.2. The van der Waals surface area contributed by atoms with E-state index >= 15 is 0 Å². The number of unbranched alkanes of at least 4 members (excludes halogenated alkanes) is 7. The summed E-state index contributed by atoms with van der Waals surface area (Å²) in [6, 6.07) is 15.1. The van der Waals surface area contributed by atoms with Crippen molar-refractivity contribution >= 4 is 5.97 Å². The van der Waals surface area contributed by atoms with E-state index in [4.69, 9.17) is 4.74 Å². The maximum absolute atomic E-state index is 15.0. The Bertz CT molecular complexity index is 1090. The minimum Gasteiger partial charge on any atom is -0.424 e. The van der Waals surface area contributed by atoms with Gasteiger partial charge in [-0.1, -0.05) is 95.2 Å². The van der Waals surface area contributed by atoms with Gasteiger partial charge in [0.25, 0.3) is 0 Å². The average molecular weight is 505 g/mol. The van der Waals surface area contributed by atoms with Crippen LogP contribution < -0.4 is 4.74 Å². The first kappa shape index (κ1) is 28.5. The van der Waals surface area contributed by atoms with Gasteiger partial charge >= 0.3 is 5.97 Å². The fourth-order valence-electron chi connectivity index (χ4n) is 4.37. The monoisotopic (exact) mass is 504 g/mol. The molecule has 0 saturated carbocycles. The molecule has 0 fully saturated rings. The predicted molar refractivity (Wildman–Crippen MR) is 149 cm³/mol. The third kappa shape index (κ3) is 8.77. The van der Waals surface area contributed by atoms with Gasteiger partial charge in [-0.2, -0.15) is 0 Å². The second-order valence-corrected chi connectivity index (χ2v) is 10.0. The highest BCUT2D eigenvalue weighted by atomic mass is 19.1. The number of aromatic nitrogens is 2. The molecular formula is C32H41FN2O2. The number of hydrogen-bond acceptors (Lipinski definition) is 4. The van der Waals surface area contributed by atoms with Gasteiger partial charge in [-0.15, -0.1) is 0 Å². The summed E-state index contributed by atoms with van der Waals surface area (Å²) in [6.45, 7) is 5.69. The van der Waals surface area contributed by atoms with Crippen LogP contribution in [0, 0.1) is 0 Å². The van der Waals surface area contributed by atoms with Crippen molar-refractivity contribution in [1.82, 2.24) is 9.97 Å². The number of rotatable bonds is 15. The molecule has 1 aromatic heterocycles. The quantitative estimate of drug-likeness (QED) is 0.118. The number of esters is 1. The molecule has 37 heavy (non-hydrogen) atoms. The second-order valence-electron chi connectivity index (χ2n) is 10.0. The summed E-state index contributed by atoms with van der Waals surface area (Å²) in [5, 5.41) is 0. The Hall–Kier alpha value is -3.08. The number of alkyl halides is 1. The van der Waals surface area contributed by atoms with Crippen molar-refractivity contribution in [2.45, 2.75) is 97.1 Å². The van der Waals surface area contributed by atoms with Gasteiger partial charge in [0.1, 0.15) is 5.75 Å². The summed E-state index contributed by atoms with van der Waals surface area (Å²) >= 11 is 0. The van der Waals surface area contributed by atoms with Crippen LogP contribution in [0.4, 0.5) is 4.39 Å². The number of carbonyl (C=O) groups is 1. The molecule has 1 heterocycles. The van der Waals surface area contributed by atoms with Crippen molar-refractivity contribution in [1.29, 1.82) is 0 Å². The number of halogens is 1. The van der Waals surface area contributed by atoms with Crippen LogP contribution in [0.5, 0.6) is 5.75 Å². The number of ether oxygens (including phenoxy) is 1. The van der Waals surface area contributed by atoms with Crippen LogP contribution in [0.1, 0.15) is 90.5 Å². The van der Waals surface area contributed by atoms with E-state index in [0.717, 1.165) is 54.4 Å². The third-order valence-electron chi connectivity index (χ3n) is 6.74. The first-order valence-corrected chi connectivity index (χ1v) is 13.9. The minimum atomic E-state index is -1.99. The normalized spacial score (nSPS) is 12.8. The van der Waals surface area contributed by atoms with E-state index in [-0.39, 0.29) is 6.42 Å². The highest BCUT2D eigenvalue weighted by Gasteiger charge is 2.34. The molecule has 0 saturated heterocycles. The van der Waals surface area contributed by atoms with E-state index in [1.807, 2.05) is 48.8 Å². The van der Waals surface area contributed by atoms with Crippen LogP contribution in [-0.4, -0.2) is 21.6 Å². The standard InChI is InChI=1S/C32H41FN2O2/c1-4-6-8-9-10-11-14-22-32(3,33)31(36)37-27-20-18-26(19-21-27)28-16-12-13-17-29(28)30-34-23-25(24-35-30)15-7-5-2/h12-13,16-21,23-24H,4-11,14-15,22H2,1-3H3. The Morgan fingerprint density at radius 1 is 0.811 bits per heavy atom. The molecule has 2 aromatic carbocycles. The smallest absolute Gasteiger partial charge is 0.348 e. The second kappa shape index (κ2) is 14.6. The molecule has 0 radical (unpaired) electrons. The molecule has 198 valence electrons. The van der Waals surface area contributed by atoms with Crippen LogP contribution >= 0.6 is 0 Å². The first-order valence-electron chi connectivity index (χ1n) is 13.9. The SMILES string of the molecule is CCCCCCCCCC(C)(F)C(=O)Oc1ccc(-c2ccccc2-c2ncc(CCCC)cn2)cc1. The molecule has 4 nitrogen and oxygen atoms in total. The van der Waals surface area contributed by atoms with Crippen molar-refractivity contribution in [3.63, 3.8) is 0 Å². The molecule has 0 N–H and O–H groups in total. The van der Waals surface area contributed by atoms with Crippen LogP contribution in [-0.2, 0) is 11.2 Å². The van der Waals surface area contributed by atoms with E-state index in [2.05, 4.69) is 23.8 Å². The lowest BCUT2D eigenvalue weighted by molar-refractivity contribution is -0.147. The highest BCUT2D eigenvalue weighted by molar-refractivity contribution is 5.82. The Labute approximate surface area is 221 Å². The third-order valence-corrected chi connectivity index (χ3v) is 6.74. The van der Waals surface area contributed by atoms with Gasteiger partial charge in [0.2, 0.25) is 5.67 Å². The molecule has 0 aliphatic heterocycles. The van der Waals surface area contributed by atoms with Gasteiger partial charge in [-0.3, -0.25) is 0 Å². The molecule has 0 bridgehead atoms.